The van der Waals surface area contributed by atoms with Gasteiger partial charge in [0.05, 0.1) is 0 Å². The Bertz CT molecular complexity index is 839. The topological polar surface area (TPSA) is 49.4 Å². The summed E-state index contributed by atoms with van der Waals surface area (Å²) in [5.41, 5.74) is 3.07. The van der Waals surface area contributed by atoms with Crippen molar-refractivity contribution in [2.45, 2.75) is 71.0 Å². The maximum atomic E-state index is 13.1. The van der Waals surface area contributed by atoms with E-state index in [1.54, 1.807) is 23.6 Å². The molecule has 0 radical (unpaired) electrons. The molecule has 2 amide bonds. The van der Waals surface area contributed by atoms with Crippen LogP contribution < -0.4 is 5.32 Å². The highest BCUT2D eigenvalue weighted by Crippen LogP contribution is 2.20. The number of hydrogen-bond acceptors (Lipinski definition) is 3. The van der Waals surface area contributed by atoms with Crippen LogP contribution in [-0.4, -0.2) is 34.0 Å². The van der Waals surface area contributed by atoms with Crippen molar-refractivity contribution >= 4 is 23.6 Å². The van der Waals surface area contributed by atoms with Gasteiger partial charge in [-0.15, -0.1) is 11.8 Å². The zero-order valence-electron chi connectivity index (χ0n) is 19.0. The van der Waals surface area contributed by atoms with Gasteiger partial charge < -0.3 is 10.2 Å². The lowest BCUT2D eigenvalue weighted by molar-refractivity contribution is -0.140. The molecule has 0 spiro atoms. The first-order valence-electron chi connectivity index (χ1n) is 10.4. The lowest BCUT2D eigenvalue weighted by Crippen LogP contribution is -2.52. The number of nitrogens with zero attached hydrogens (tertiary/aromatic N) is 1. The van der Waals surface area contributed by atoms with E-state index >= 15 is 0 Å². The zero-order chi connectivity index (χ0) is 22.3. The summed E-state index contributed by atoms with van der Waals surface area (Å²) in [6.45, 7) is 12.2. The van der Waals surface area contributed by atoms with Crippen LogP contribution in [0.1, 0.15) is 50.8 Å². The van der Waals surface area contributed by atoms with Crippen molar-refractivity contribution in [2.75, 3.05) is 5.75 Å². The molecule has 2 aromatic rings. The van der Waals surface area contributed by atoms with Crippen molar-refractivity contribution in [2.24, 2.45) is 0 Å². The lowest BCUT2D eigenvalue weighted by Gasteiger charge is -2.31. The molecule has 0 aromatic heterocycles. The molecule has 5 heteroatoms. The van der Waals surface area contributed by atoms with E-state index in [0.717, 1.165) is 10.5 Å². The van der Waals surface area contributed by atoms with E-state index in [1.807, 2.05) is 52.0 Å². The summed E-state index contributed by atoms with van der Waals surface area (Å²) in [7, 11) is 0. The molecule has 0 unspecified atom stereocenters. The molecule has 0 aliphatic heterocycles. The number of thioether (sulfide) groups is 1. The van der Waals surface area contributed by atoms with Crippen LogP contribution in [0.4, 0.5) is 0 Å². The summed E-state index contributed by atoms with van der Waals surface area (Å²) >= 11 is 1.67. The molecule has 0 aliphatic rings. The SMILES string of the molecule is Cc1ccc(CN(C(=O)CCSc2ccc(C)cc2)[C@H](C)C(=O)NC(C)(C)C)cc1. The molecule has 4 nitrogen and oxygen atoms in total. The summed E-state index contributed by atoms with van der Waals surface area (Å²) in [4.78, 5) is 28.7. The Balaban J connectivity index is 2.08. The Morgan fingerprint density at radius 2 is 1.50 bits per heavy atom. The average molecular weight is 427 g/mol. The molecular formula is C25H34N2O2S. The molecule has 0 fully saturated rings. The second-order valence-electron chi connectivity index (χ2n) is 8.83. The van der Waals surface area contributed by atoms with E-state index in [4.69, 9.17) is 0 Å². The van der Waals surface area contributed by atoms with Crippen LogP contribution in [0.15, 0.2) is 53.4 Å². The van der Waals surface area contributed by atoms with Gasteiger partial charge in [-0.2, -0.15) is 0 Å². The van der Waals surface area contributed by atoms with Crippen molar-refractivity contribution in [3.63, 3.8) is 0 Å². The molecule has 0 heterocycles. The van der Waals surface area contributed by atoms with Crippen molar-refractivity contribution in [3.8, 4) is 0 Å². The Labute approximate surface area is 185 Å². The second-order valence-corrected chi connectivity index (χ2v) is 10.0. The average Bonchev–Trinajstić information content (AvgIpc) is 2.67. The summed E-state index contributed by atoms with van der Waals surface area (Å²) in [5, 5.41) is 3.00. The number of amides is 2. The molecule has 1 atom stereocenters. The first kappa shape index (κ1) is 24.0. The van der Waals surface area contributed by atoms with Gasteiger partial charge in [0.2, 0.25) is 11.8 Å². The van der Waals surface area contributed by atoms with Gasteiger partial charge in [0, 0.05) is 29.2 Å². The number of hydrogen-bond donors (Lipinski definition) is 1. The van der Waals surface area contributed by atoms with Crippen LogP contribution >= 0.6 is 11.8 Å². The largest absolute Gasteiger partial charge is 0.350 e. The maximum Gasteiger partial charge on any atom is 0.242 e. The highest BCUT2D eigenvalue weighted by Gasteiger charge is 2.28. The molecule has 0 saturated carbocycles. The van der Waals surface area contributed by atoms with E-state index in [9.17, 15) is 9.59 Å². The fourth-order valence-corrected chi connectivity index (χ4v) is 3.82. The Kier molecular flexibility index (Phi) is 8.54. The Morgan fingerprint density at radius 1 is 0.967 bits per heavy atom. The van der Waals surface area contributed by atoms with Crippen LogP contribution in [0.2, 0.25) is 0 Å². The molecule has 162 valence electrons. The molecule has 2 rings (SSSR count). The molecule has 0 aliphatic carbocycles. The monoisotopic (exact) mass is 426 g/mol. The number of nitrogens with one attached hydrogen (secondary N) is 1. The standard InChI is InChI=1S/C25H34N2O2S/c1-18-7-11-21(12-8-18)17-27(20(3)24(29)26-25(4,5)6)23(28)15-16-30-22-13-9-19(2)10-14-22/h7-14,20H,15-17H2,1-6H3,(H,26,29)/t20-/m1/s1. The zero-order valence-corrected chi connectivity index (χ0v) is 19.8. The first-order valence-corrected chi connectivity index (χ1v) is 11.4. The van der Waals surface area contributed by atoms with Crippen LogP contribution in [0, 0.1) is 13.8 Å². The van der Waals surface area contributed by atoms with Gasteiger partial charge in [-0.25, -0.2) is 0 Å². The van der Waals surface area contributed by atoms with Gasteiger partial charge in [0.15, 0.2) is 0 Å². The Hall–Kier alpha value is -2.27. The molecule has 2 aromatic carbocycles. The normalized spacial score (nSPS) is 12.3. The van der Waals surface area contributed by atoms with Gasteiger partial charge in [0.25, 0.3) is 0 Å². The van der Waals surface area contributed by atoms with Gasteiger partial charge >= 0.3 is 0 Å². The molecule has 1 N–H and O–H groups in total. The fraction of sp³-hybridized carbons (Fsp3) is 0.440. The van der Waals surface area contributed by atoms with Crippen LogP contribution in [0.3, 0.4) is 0 Å². The van der Waals surface area contributed by atoms with Gasteiger partial charge in [-0.1, -0.05) is 47.5 Å². The minimum atomic E-state index is -0.539. The molecular weight excluding hydrogens is 392 g/mol. The van der Waals surface area contributed by atoms with Crippen molar-refractivity contribution in [1.29, 1.82) is 0 Å². The second kappa shape index (κ2) is 10.7. The summed E-state index contributed by atoms with van der Waals surface area (Å²) in [6, 6.07) is 15.9. The van der Waals surface area contributed by atoms with Crippen molar-refractivity contribution < 1.29 is 9.59 Å². The molecule has 30 heavy (non-hydrogen) atoms. The van der Waals surface area contributed by atoms with E-state index in [1.165, 1.54) is 11.1 Å². The van der Waals surface area contributed by atoms with E-state index in [0.29, 0.717) is 18.7 Å². The highest BCUT2D eigenvalue weighted by atomic mass is 32.2. The van der Waals surface area contributed by atoms with E-state index < -0.39 is 6.04 Å². The third-order valence-electron chi connectivity index (χ3n) is 4.74. The van der Waals surface area contributed by atoms with Crippen LogP contribution in [-0.2, 0) is 16.1 Å². The third kappa shape index (κ3) is 7.86. The molecule has 0 saturated heterocycles. The minimum Gasteiger partial charge on any atom is -0.350 e. The highest BCUT2D eigenvalue weighted by molar-refractivity contribution is 7.99. The number of carbonyl (C=O) groups excluding carboxylic acids is 2. The van der Waals surface area contributed by atoms with Gasteiger partial charge in [-0.05, 0) is 59.2 Å². The summed E-state index contributed by atoms with van der Waals surface area (Å²) in [6.07, 6.45) is 0.386. The van der Waals surface area contributed by atoms with Gasteiger partial charge in [0.1, 0.15) is 6.04 Å². The lowest BCUT2D eigenvalue weighted by atomic mass is 10.1. The Morgan fingerprint density at radius 3 is 2.03 bits per heavy atom. The maximum absolute atomic E-state index is 13.1. The molecule has 0 bridgehead atoms. The number of carbonyl (C=O) groups is 2. The first-order chi connectivity index (χ1) is 14.0. The van der Waals surface area contributed by atoms with E-state index in [-0.39, 0.29) is 17.4 Å². The van der Waals surface area contributed by atoms with Crippen molar-refractivity contribution in [3.05, 3.63) is 65.2 Å². The van der Waals surface area contributed by atoms with E-state index in [2.05, 4.69) is 36.5 Å². The smallest absolute Gasteiger partial charge is 0.242 e. The quantitative estimate of drug-likeness (QED) is 0.596. The predicted molar refractivity (Wildman–Crippen MR) is 126 cm³/mol. The minimum absolute atomic E-state index is 0.00764. The number of rotatable bonds is 8. The predicted octanol–water partition coefficient (Wildman–Crippen LogP) is 5.12. The summed E-state index contributed by atoms with van der Waals surface area (Å²) in [5.74, 6) is 0.542. The van der Waals surface area contributed by atoms with Crippen LogP contribution in [0.25, 0.3) is 0 Å². The number of benzene rings is 2. The number of aryl methyl sites for hydroxylation is 2. The van der Waals surface area contributed by atoms with Gasteiger partial charge in [-0.3, -0.25) is 9.59 Å². The fourth-order valence-electron chi connectivity index (χ4n) is 2.98. The summed E-state index contributed by atoms with van der Waals surface area (Å²) < 4.78 is 0. The third-order valence-corrected chi connectivity index (χ3v) is 5.76. The van der Waals surface area contributed by atoms with Crippen LogP contribution in [0.5, 0.6) is 0 Å². The van der Waals surface area contributed by atoms with Crippen molar-refractivity contribution in [1.82, 2.24) is 10.2 Å².